The highest BCUT2D eigenvalue weighted by Gasteiger charge is 2.04. The summed E-state index contributed by atoms with van der Waals surface area (Å²) in [5.74, 6) is 0.939. The first-order chi connectivity index (χ1) is 9.36. The van der Waals surface area contributed by atoms with Gasteiger partial charge in [0.2, 0.25) is 0 Å². The number of fused-ring (bicyclic) bond motifs is 1. The molecule has 0 atom stereocenters. The lowest BCUT2D eigenvalue weighted by molar-refractivity contribution is 0.199. The van der Waals surface area contributed by atoms with Gasteiger partial charge in [-0.15, -0.1) is 0 Å². The lowest BCUT2D eigenvalue weighted by atomic mass is 10.2. The maximum Gasteiger partial charge on any atom is 0.128 e. The van der Waals surface area contributed by atoms with Crippen molar-refractivity contribution in [2.24, 2.45) is 0 Å². The Morgan fingerprint density at radius 2 is 2.05 bits per heavy atom. The van der Waals surface area contributed by atoms with E-state index in [1.165, 1.54) is 10.9 Å². The highest BCUT2D eigenvalue weighted by Crippen LogP contribution is 2.26. The summed E-state index contributed by atoms with van der Waals surface area (Å²) in [7, 11) is 3.44. The van der Waals surface area contributed by atoms with Gasteiger partial charge in [-0.3, -0.25) is 0 Å². The molecule has 2 aromatic rings. The smallest absolute Gasteiger partial charge is 0.128 e. The maximum atomic E-state index is 5.37. The van der Waals surface area contributed by atoms with Crippen molar-refractivity contribution in [3.63, 3.8) is 0 Å². The largest absolute Gasteiger partial charge is 0.496 e. The van der Waals surface area contributed by atoms with E-state index in [1.54, 1.807) is 14.2 Å². The molecule has 1 aromatic heterocycles. The molecule has 0 bridgehead atoms. The van der Waals surface area contributed by atoms with Crippen molar-refractivity contribution in [1.29, 1.82) is 0 Å². The fourth-order valence-corrected chi connectivity index (χ4v) is 2.24. The molecular weight excluding hydrogens is 240 g/mol. The van der Waals surface area contributed by atoms with E-state index in [1.807, 2.05) is 12.1 Å². The minimum Gasteiger partial charge on any atom is -0.496 e. The zero-order valence-electron chi connectivity index (χ0n) is 11.7. The van der Waals surface area contributed by atoms with E-state index in [2.05, 4.69) is 28.2 Å². The van der Waals surface area contributed by atoms with Crippen molar-refractivity contribution >= 4 is 10.9 Å². The molecule has 1 heterocycles. The van der Waals surface area contributed by atoms with Gasteiger partial charge in [0, 0.05) is 31.8 Å². The number of hydrogen-bond donors (Lipinski definition) is 1. The van der Waals surface area contributed by atoms with Gasteiger partial charge in [0.15, 0.2) is 0 Å². The summed E-state index contributed by atoms with van der Waals surface area (Å²) in [4.78, 5) is 0. The fraction of sp³-hybridized carbons (Fsp3) is 0.467. The monoisotopic (exact) mass is 262 g/mol. The molecule has 0 saturated carbocycles. The Morgan fingerprint density at radius 1 is 1.16 bits per heavy atom. The molecule has 0 aliphatic heterocycles. The molecule has 0 spiro atoms. The summed E-state index contributed by atoms with van der Waals surface area (Å²) in [5, 5.41) is 4.53. The van der Waals surface area contributed by atoms with Crippen molar-refractivity contribution in [3.8, 4) is 5.75 Å². The molecule has 2 rings (SSSR count). The summed E-state index contributed by atoms with van der Waals surface area (Å²) in [6.45, 7) is 3.70. The number of ether oxygens (including phenoxy) is 2. The zero-order valence-corrected chi connectivity index (χ0v) is 11.7. The van der Waals surface area contributed by atoms with Gasteiger partial charge in [-0.2, -0.15) is 0 Å². The summed E-state index contributed by atoms with van der Waals surface area (Å²) in [6, 6.07) is 8.29. The number of rotatable bonds is 8. The topological polar surface area (TPSA) is 35.4 Å². The van der Waals surface area contributed by atoms with Gasteiger partial charge in [-0.1, -0.05) is 6.07 Å². The highest BCUT2D eigenvalue weighted by atomic mass is 16.5. The average molecular weight is 262 g/mol. The van der Waals surface area contributed by atoms with Gasteiger partial charge in [0.1, 0.15) is 5.75 Å². The molecule has 0 saturated heterocycles. The number of benzene rings is 1. The van der Waals surface area contributed by atoms with Crippen LogP contribution < -0.4 is 10.1 Å². The van der Waals surface area contributed by atoms with E-state index in [4.69, 9.17) is 9.47 Å². The third-order valence-corrected chi connectivity index (χ3v) is 3.23. The van der Waals surface area contributed by atoms with Gasteiger partial charge in [-0.05, 0) is 31.2 Å². The highest BCUT2D eigenvalue weighted by molar-refractivity contribution is 5.86. The van der Waals surface area contributed by atoms with Crippen LogP contribution in [0.3, 0.4) is 0 Å². The predicted molar refractivity (Wildman–Crippen MR) is 77.9 cm³/mol. The number of hydrogen-bond acceptors (Lipinski definition) is 3. The average Bonchev–Trinajstić information content (AvgIpc) is 2.86. The number of methoxy groups -OCH3 is 2. The zero-order chi connectivity index (χ0) is 13.5. The molecule has 104 valence electrons. The molecule has 0 radical (unpaired) electrons. The first-order valence-electron chi connectivity index (χ1n) is 6.68. The third kappa shape index (κ3) is 3.49. The Balaban J connectivity index is 1.91. The Morgan fingerprint density at radius 3 is 2.84 bits per heavy atom. The molecular formula is C15H22N2O2. The van der Waals surface area contributed by atoms with Crippen molar-refractivity contribution < 1.29 is 9.47 Å². The minimum atomic E-state index is 0.768. The van der Waals surface area contributed by atoms with Crippen LogP contribution in [0, 0.1) is 0 Å². The van der Waals surface area contributed by atoms with E-state index >= 15 is 0 Å². The van der Waals surface area contributed by atoms with E-state index < -0.39 is 0 Å². The van der Waals surface area contributed by atoms with Crippen LogP contribution in [0.4, 0.5) is 0 Å². The van der Waals surface area contributed by atoms with Crippen LogP contribution >= 0.6 is 0 Å². The molecule has 0 fully saturated rings. The number of aromatic nitrogens is 1. The Hall–Kier alpha value is -1.52. The van der Waals surface area contributed by atoms with Crippen molar-refractivity contribution in [3.05, 3.63) is 30.5 Å². The summed E-state index contributed by atoms with van der Waals surface area (Å²) in [5.41, 5.74) is 1.23. The number of aryl methyl sites for hydroxylation is 1. The minimum absolute atomic E-state index is 0.768. The van der Waals surface area contributed by atoms with Gasteiger partial charge in [0.05, 0.1) is 19.2 Å². The van der Waals surface area contributed by atoms with Crippen molar-refractivity contribution in [2.75, 3.05) is 33.9 Å². The van der Waals surface area contributed by atoms with Crippen LogP contribution in [-0.4, -0.2) is 38.5 Å². The number of nitrogens with zero attached hydrogens (tertiary/aromatic N) is 1. The second-order valence-corrected chi connectivity index (χ2v) is 4.50. The van der Waals surface area contributed by atoms with E-state index in [0.717, 1.165) is 38.4 Å². The molecule has 0 aliphatic carbocycles. The third-order valence-electron chi connectivity index (χ3n) is 3.23. The van der Waals surface area contributed by atoms with Gasteiger partial charge >= 0.3 is 0 Å². The van der Waals surface area contributed by atoms with E-state index in [0.29, 0.717) is 0 Å². The first-order valence-corrected chi connectivity index (χ1v) is 6.68. The van der Waals surface area contributed by atoms with Crippen molar-refractivity contribution in [2.45, 2.75) is 13.0 Å². The van der Waals surface area contributed by atoms with Crippen LogP contribution in [0.15, 0.2) is 30.5 Å². The van der Waals surface area contributed by atoms with Crippen LogP contribution in [-0.2, 0) is 11.3 Å². The molecule has 1 N–H and O–H groups in total. The molecule has 0 aliphatic rings. The standard InChI is InChI=1S/C15H22N2O2/c1-18-12-9-16-8-4-10-17-11-7-13-14(17)5-3-6-15(13)19-2/h3,5-7,11,16H,4,8-10,12H2,1-2H3. The number of nitrogens with one attached hydrogen (secondary N) is 1. The molecule has 4 nitrogen and oxygen atoms in total. The summed E-state index contributed by atoms with van der Waals surface area (Å²) < 4.78 is 12.6. The first kappa shape index (κ1) is 13.9. The molecule has 4 heteroatoms. The normalized spacial score (nSPS) is 11.1. The van der Waals surface area contributed by atoms with Gasteiger partial charge in [0.25, 0.3) is 0 Å². The van der Waals surface area contributed by atoms with E-state index in [-0.39, 0.29) is 0 Å². The second-order valence-electron chi connectivity index (χ2n) is 4.50. The van der Waals surface area contributed by atoms with Crippen molar-refractivity contribution in [1.82, 2.24) is 9.88 Å². The summed E-state index contributed by atoms with van der Waals surface area (Å²) >= 11 is 0. The molecule has 0 amide bonds. The van der Waals surface area contributed by atoms with Gasteiger partial charge < -0.3 is 19.4 Å². The quantitative estimate of drug-likeness (QED) is 0.741. The van der Waals surface area contributed by atoms with E-state index in [9.17, 15) is 0 Å². The molecule has 1 aromatic carbocycles. The molecule has 19 heavy (non-hydrogen) atoms. The molecule has 0 unspecified atom stereocenters. The van der Waals surface area contributed by atoms with Crippen LogP contribution in [0.1, 0.15) is 6.42 Å². The van der Waals surface area contributed by atoms with Crippen LogP contribution in [0.25, 0.3) is 10.9 Å². The maximum absolute atomic E-state index is 5.37. The van der Waals surface area contributed by atoms with Gasteiger partial charge in [-0.25, -0.2) is 0 Å². The fourth-order valence-electron chi connectivity index (χ4n) is 2.24. The Labute approximate surface area is 114 Å². The van der Waals surface area contributed by atoms with Crippen LogP contribution in [0.5, 0.6) is 5.75 Å². The van der Waals surface area contributed by atoms with Crippen LogP contribution in [0.2, 0.25) is 0 Å². The Kier molecular flexibility index (Phi) is 5.24. The lowest BCUT2D eigenvalue weighted by Crippen LogP contribution is -2.21. The second kappa shape index (κ2) is 7.16. The lowest BCUT2D eigenvalue weighted by Gasteiger charge is -2.07. The predicted octanol–water partition coefficient (Wildman–Crippen LogP) is 2.28. The summed E-state index contributed by atoms with van der Waals surface area (Å²) in [6.07, 6.45) is 3.23. The Bertz CT molecular complexity index is 508. The SMILES string of the molecule is COCCNCCCn1ccc2c(OC)cccc21.